The van der Waals surface area contributed by atoms with Gasteiger partial charge in [-0.05, 0) is 63.2 Å². The Morgan fingerprint density at radius 1 is 0.900 bits per heavy atom. The average Bonchev–Trinajstić information content (AvgIpc) is 2.49. The summed E-state index contributed by atoms with van der Waals surface area (Å²) in [5.41, 5.74) is 0.848. The van der Waals surface area contributed by atoms with Crippen molar-refractivity contribution in [2.75, 3.05) is 0 Å². The Morgan fingerprint density at radius 2 is 1.70 bits per heavy atom. The van der Waals surface area contributed by atoms with Gasteiger partial charge in [0.1, 0.15) is 11.5 Å². The minimum atomic E-state index is 0.0188. The van der Waals surface area contributed by atoms with Gasteiger partial charge in [-0.2, -0.15) is 0 Å². The molecular weight excluding hydrogens is 363 g/mol. The highest BCUT2D eigenvalue weighted by Gasteiger charge is 2.05. The first kappa shape index (κ1) is 13.4. The third-order valence-electron chi connectivity index (χ3n) is 3.13. The number of hydrogen-bond donors (Lipinski definition) is 1. The Bertz CT molecular complexity index is 753. The van der Waals surface area contributed by atoms with Crippen LogP contribution in [0.3, 0.4) is 0 Å². The zero-order valence-corrected chi connectivity index (χ0v) is 12.9. The Kier molecular flexibility index (Phi) is 3.89. The Morgan fingerprint density at radius 3 is 2.50 bits per heavy atom. The minimum absolute atomic E-state index is 0.0188. The van der Waals surface area contributed by atoms with Crippen LogP contribution in [0, 0.1) is 3.57 Å². The van der Waals surface area contributed by atoms with E-state index in [4.69, 9.17) is 4.74 Å². The monoisotopic (exact) mass is 376 g/mol. The number of rotatable bonds is 3. The van der Waals surface area contributed by atoms with Crippen LogP contribution in [-0.2, 0) is 6.61 Å². The van der Waals surface area contributed by atoms with Gasteiger partial charge in [-0.15, -0.1) is 0 Å². The highest BCUT2D eigenvalue weighted by atomic mass is 127. The number of benzene rings is 3. The Hall–Kier alpha value is -1.59. The van der Waals surface area contributed by atoms with E-state index in [0.29, 0.717) is 0 Å². The number of aliphatic hydroxyl groups excluding tert-OH is 1. The fourth-order valence-corrected chi connectivity index (χ4v) is 2.53. The van der Waals surface area contributed by atoms with E-state index in [1.165, 1.54) is 5.39 Å². The molecule has 3 rings (SSSR count). The van der Waals surface area contributed by atoms with Gasteiger partial charge in [-0.25, -0.2) is 0 Å². The lowest BCUT2D eigenvalue weighted by atomic mass is 10.1. The van der Waals surface area contributed by atoms with Crippen molar-refractivity contribution in [3.8, 4) is 11.5 Å². The number of hydrogen-bond acceptors (Lipinski definition) is 2. The van der Waals surface area contributed by atoms with Crippen molar-refractivity contribution >= 4 is 33.4 Å². The zero-order chi connectivity index (χ0) is 13.9. The molecule has 2 nitrogen and oxygen atoms in total. The van der Waals surface area contributed by atoms with E-state index in [-0.39, 0.29) is 6.61 Å². The smallest absolute Gasteiger partial charge is 0.141 e. The van der Waals surface area contributed by atoms with Gasteiger partial charge in [0.05, 0.1) is 10.2 Å². The van der Waals surface area contributed by atoms with Crippen molar-refractivity contribution in [3.63, 3.8) is 0 Å². The molecule has 3 heteroatoms. The average molecular weight is 376 g/mol. The lowest BCUT2D eigenvalue weighted by Gasteiger charge is -2.10. The molecule has 0 saturated carbocycles. The van der Waals surface area contributed by atoms with E-state index in [0.717, 1.165) is 26.0 Å². The molecular formula is C17H13IO2. The van der Waals surface area contributed by atoms with Crippen molar-refractivity contribution in [1.29, 1.82) is 0 Å². The summed E-state index contributed by atoms with van der Waals surface area (Å²) in [7, 11) is 0. The second kappa shape index (κ2) is 5.81. The molecule has 0 aliphatic carbocycles. The maximum Gasteiger partial charge on any atom is 0.141 e. The van der Waals surface area contributed by atoms with Crippen molar-refractivity contribution in [1.82, 2.24) is 0 Å². The van der Waals surface area contributed by atoms with Gasteiger partial charge >= 0.3 is 0 Å². The molecule has 1 N–H and O–H groups in total. The predicted octanol–water partition coefficient (Wildman–Crippen LogP) is 4.73. The summed E-state index contributed by atoms with van der Waals surface area (Å²) >= 11 is 2.23. The first-order valence-electron chi connectivity index (χ1n) is 6.32. The third-order valence-corrected chi connectivity index (χ3v) is 4.02. The second-order valence-corrected chi connectivity index (χ2v) is 5.70. The summed E-state index contributed by atoms with van der Waals surface area (Å²) in [6.07, 6.45) is 0. The summed E-state index contributed by atoms with van der Waals surface area (Å²) in [5, 5.41) is 11.5. The SMILES string of the molecule is OCc1ccc(I)c(Oc2ccc3ccccc3c2)c1. The van der Waals surface area contributed by atoms with Crippen molar-refractivity contribution < 1.29 is 9.84 Å². The van der Waals surface area contributed by atoms with Crippen LogP contribution in [0.1, 0.15) is 5.56 Å². The number of aliphatic hydroxyl groups is 1. The lowest BCUT2D eigenvalue weighted by Crippen LogP contribution is -1.90. The van der Waals surface area contributed by atoms with Crippen LogP contribution >= 0.6 is 22.6 Å². The van der Waals surface area contributed by atoms with Crippen LogP contribution in [0.5, 0.6) is 11.5 Å². The van der Waals surface area contributed by atoms with Crippen LogP contribution in [0.25, 0.3) is 10.8 Å². The fraction of sp³-hybridized carbons (Fsp3) is 0.0588. The van der Waals surface area contributed by atoms with Gasteiger partial charge in [0.15, 0.2) is 0 Å². The molecule has 100 valence electrons. The van der Waals surface area contributed by atoms with E-state index < -0.39 is 0 Å². The summed E-state index contributed by atoms with van der Waals surface area (Å²) in [5.74, 6) is 1.57. The molecule has 0 spiro atoms. The zero-order valence-electron chi connectivity index (χ0n) is 10.7. The van der Waals surface area contributed by atoms with Crippen LogP contribution < -0.4 is 4.74 Å². The number of fused-ring (bicyclic) bond motifs is 1. The maximum atomic E-state index is 9.20. The first-order chi connectivity index (χ1) is 9.76. The van der Waals surface area contributed by atoms with Crippen LogP contribution in [0.2, 0.25) is 0 Å². The number of ether oxygens (including phenoxy) is 1. The third kappa shape index (κ3) is 2.78. The molecule has 3 aromatic carbocycles. The molecule has 0 radical (unpaired) electrons. The van der Waals surface area contributed by atoms with Gasteiger partial charge in [-0.3, -0.25) is 0 Å². The highest BCUT2D eigenvalue weighted by molar-refractivity contribution is 14.1. The molecule has 0 heterocycles. The molecule has 0 amide bonds. The largest absolute Gasteiger partial charge is 0.456 e. The number of halogens is 1. The highest BCUT2D eigenvalue weighted by Crippen LogP contribution is 2.29. The van der Waals surface area contributed by atoms with Crippen molar-refractivity contribution in [2.24, 2.45) is 0 Å². The molecule has 0 fully saturated rings. The summed E-state index contributed by atoms with van der Waals surface area (Å²) in [6, 6.07) is 19.9. The summed E-state index contributed by atoms with van der Waals surface area (Å²) in [6.45, 7) is 0.0188. The minimum Gasteiger partial charge on any atom is -0.456 e. The van der Waals surface area contributed by atoms with Gasteiger partial charge in [0, 0.05) is 0 Å². The van der Waals surface area contributed by atoms with Crippen molar-refractivity contribution in [2.45, 2.75) is 6.61 Å². The molecule has 3 aromatic rings. The second-order valence-electron chi connectivity index (χ2n) is 4.53. The molecule has 0 atom stereocenters. The quantitative estimate of drug-likeness (QED) is 0.670. The standard InChI is InChI=1S/C17H13IO2/c18-16-8-5-12(11-19)9-17(16)20-15-7-6-13-3-1-2-4-14(13)10-15/h1-10,19H,11H2. The molecule has 0 saturated heterocycles. The fourth-order valence-electron chi connectivity index (χ4n) is 2.08. The van der Waals surface area contributed by atoms with Crippen LogP contribution in [0.15, 0.2) is 60.7 Å². The topological polar surface area (TPSA) is 29.5 Å². The molecule has 0 aliphatic rings. The van der Waals surface area contributed by atoms with Crippen molar-refractivity contribution in [3.05, 3.63) is 69.8 Å². The van der Waals surface area contributed by atoms with Gasteiger partial charge in [-0.1, -0.05) is 36.4 Å². The van der Waals surface area contributed by atoms with Gasteiger partial charge in [0.2, 0.25) is 0 Å². The van der Waals surface area contributed by atoms with E-state index in [1.54, 1.807) is 0 Å². The molecule has 0 aromatic heterocycles. The first-order valence-corrected chi connectivity index (χ1v) is 7.40. The molecule has 0 aliphatic heterocycles. The lowest BCUT2D eigenvalue weighted by molar-refractivity contribution is 0.281. The maximum absolute atomic E-state index is 9.20. The molecule has 0 bridgehead atoms. The predicted molar refractivity (Wildman–Crippen MR) is 89.1 cm³/mol. The van der Waals surface area contributed by atoms with E-state index in [9.17, 15) is 5.11 Å². The van der Waals surface area contributed by atoms with Crippen LogP contribution in [0.4, 0.5) is 0 Å². The van der Waals surface area contributed by atoms with Crippen LogP contribution in [-0.4, -0.2) is 5.11 Å². The normalized spacial score (nSPS) is 10.7. The van der Waals surface area contributed by atoms with E-state index >= 15 is 0 Å². The van der Waals surface area contributed by atoms with E-state index in [1.807, 2.05) is 48.5 Å². The molecule has 0 unspecified atom stereocenters. The van der Waals surface area contributed by atoms with Gasteiger partial charge in [0.25, 0.3) is 0 Å². The van der Waals surface area contributed by atoms with Gasteiger partial charge < -0.3 is 9.84 Å². The summed E-state index contributed by atoms with van der Waals surface area (Å²) in [4.78, 5) is 0. The Balaban J connectivity index is 1.96. The molecule has 20 heavy (non-hydrogen) atoms. The Labute approximate surface area is 131 Å². The van der Waals surface area contributed by atoms with E-state index in [2.05, 4.69) is 34.7 Å². The summed E-state index contributed by atoms with van der Waals surface area (Å²) < 4.78 is 6.96.